The van der Waals surface area contributed by atoms with E-state index >= 15 is 0 Å². The largest absolute Gasteiger partial charge is 0.493 e. The summed E-state index contributed by atoms with van der Waals surface area (Å²) in [6.45, 7) is 1.62. The van der Waals surface area contributed by atoms with Gasteiger partial charge in [-0.15, -0.1) is 0 Å². The number of benzene rings is 2. The first-order chi connectivity index (χ1) is 13.8. The van der Waals surface area contributed by atoms with Crippen molar-refractivity contribution < 1.29 is 32.2 Å². The average molecular weight is 410 g/mol. The molecule has 0 radical (unpaired) electrons. The zero-order chi connectivity index (χ0) is 21.6. The molecule has 0 spiro atoms. The number of ether oxygens (including phenoxy) is 2. The van der Waals surface area contributed by atoms with Crippen LogP contribution in [0.4, 0.5) is 18.9 Å². The molecule has 0 aliphatic carbocycles. The van der Waals surface area contributed by atoms with Gasteiger partial charge in [0, 0.05) is 6.54 Å². The minimum Gasteiger partial charge on any atom is -0.493 e. The Hall–Kier alpha value is -3.23. The molecule has 9 heteroatoms. The summed E-state index contributed by atoms with van der Waals surface area (Å²) in [6, 6.07) is 6.36. The van der Waals surface area contributed by atoms with E-state index in [-0.39, 0.29) is 17.9 Å². The number of carbonyl (C=O) groups is 2. The van der Waals surface area contributed by atoms with Crippen LogP contribution >= 0.6 is 0 Å². The van der Waals surface area contributed by atoms with Crippen LogP contribution in [0.1, 0.15) is 23.7 Å². The summed E-state index contributed by atoms with van der Waals surface area (Å²) in [4.78, 5) is 26.5. The Balaban J connectivity index is 2.23. The van der Waals surface area contributed by atoms with Crippen molar-refractivity contribution in [3.63, 3.8) is 0 Å². The van der Waals surface area contributed by atoms with E-state index in [9.17, 15) is 22.8 Å². The normalized spacial score (nSPS) is 10.4. The van der Waals surface area contributed by atoms with Crippen LogP contribution in [0.3, 0.4) is 0 Å². The minimum atomic E-state index is -1.69. The quantitative estimate of drug-likeness (QED) is 0.675. The van der Waals surface area contributed by atoms with E-state index < -0.39 is 41.5 Å². The Morgan fingerprint density at radius 2 is 1.76 bits per heavy atom. The molecule has 2 aromatic rings. The molecule has 2 aromatic carbocycles. The highest BCUT2D eigenvalue weighted by molar-refractivity contribution is 6.01. The Labute approximate surface area is 166 Å². The Bertz CT molecular complexity index is 906. The third-order valence-corrected chi connectivity index (χ3v) is 4.06. The van der Waals surface area contributed by atoms with E-state index in [1.807, 2.05) is 6.92 Å². The van der Waals surface area contributed by atoms with Gasteiger partial charge in [0.25, 0.3) is 5.91 Å². The minimum absolute atomic E-state index is 0.187. The monoisotopic (exact) mass is 410 g/mol. The molecule has 0 aliphatic rings. The second kappa shape index (κ2) is 9.81. The number of carbonyl (C=O) groups excluding carboxylic acids is 2. The zero-order valence-corrected chi connectivity index (χ0v) is 16.2. The highest BCUT2D eigenvalue weighted by Crippen LogP contribution is 2.31. The van der Waals surface area contributed by atoms with Crippen LogP contribution in [-0.2, 0) is 4.79 Å². The standard InChI is InChI=1S/C20H21F3N2O4/c1-4-10-25(20(27)12-6-5-7-15(28-2)19(12)29-3)11-16(26)24-14-9-8-13(21)17(22)18(14)23/h5-9H,4,10-11H2,1-3H3,(H,24,26). The summed E-state index contributed by atoms with van der Waals surface area (Å²) in [6.07, 6.45) is 0.546. The maximum Gasteiger partial charge on any atom is 0.258 e. The first-order valence-corrected chi connectivity index (χ1v) is 8.77. The molecule has 0 saturated carbocycles. The fraction of sp³-hybridized carbons (Fsp3) is 0.300. The van der Waals surface area contributed by atoms with E-state index in [4.69, 9.17) is 9.47 Å². The van der Waals surface area contributed by atoms with Crippen molar-refractivity contribution in [1.82, 2.24) is 4.90 Å². The van der Waals surface area contributed by atoms with Crippen molar-refractivity contribution in [3.8, 4) is 11.5 Å². The van der Waals surface area contributed by atoms with Gasteiger partial charge in [-0.3, -0.25) is 9.59 Å². The van der Waals surface area contributed by atoms with Gasteiger partial charge in [0.2, 0.25) is 5.91 Å². The highest BCUT2D eigenvalue weighted by Gasteiger charge is 2.24. The zero-order valence-electron chi connectivity index (χ0n) is 16.2. The molecule has 6 nitrogen and oxygen atoms in total. The molecule has 1 N–H and O–H groups in total. The van der Waals surface area contributed by atoms with Gasteiger partial charge in [-0.2, -0.15) is 0 Å². The first kappa shape index (κ1) is 22.1. The van der Waals surface area contributed by atoms with Gasteiger partial charge in [-0.05, 0) is 30.7 Å². The number of para-hydroxylation sites is 1. The van der Waals surface area contributed by atoms with Gasteiger partial charge in [-0.1, -0.05) is 13.0 Å². The maximum absolute atomic E-state index is 13.8. The molecule has 0 saturated heterocycles. The lowest BCUT2D eigenvalue weighted by Crippen LogP contribution is -2.38. The number of halogens is 3. The predicted octanol–water partition coefficient (Wildman–Crippen LogP) is 3.61. The lowest BCUT2D eigenvalue weighted by atomic mass is 10.1. The summed E-state index contributed by atoms with van der Waals surface area (Å²) < 4.78 is 50.6. The number of methoxy groups -OCH3 is 2. The molecule has 156 valence electrons. The second-order valence-corrected chi connectivity index (χ2v) is 6.04. The lowest BCUT2D eigenvalue weighted by molar-refractivity contribution is -0.116. The molecule has 0 bridgehead atoms. The Kier molecular flexibility index (Phi) is 7.46. The summed E-state index contributed by atoms with van der Waals surface area (Å²) in [5.41, 5.74) is -0.330. The van der Waals surface area contributed by atoms with Crippen molar-refractivity contribution in [3.05, 3.63) is 53.3 Å². The fourth-order valence-electron chi connectivity index (χ4n) is 2.73. The molecular weight excluding hydrogens is 389 g/mol. The van der Waals surface area contributed by atoms with Crippen molar-refractivity contribution in [2.24, 2.45) is 0 Å². The third-order valence-electron chi connectivity index (χ3n) is 4.06. The summed E-state index contributed by atoms with van der Waals surface area (Å²) >= 11 is 0. The van der Waals surface area contributed by atoms with Crippen LogP contribution in [0, 0.1) is 17.5 Å². The van der Waals surface area contributed by atoms with Gasteiger partial charge in [0.15, 0.2) is 29.0 Å². The van der Waals surface area contributed by atoms with Gasteiger partial charge in [0.05, 0.1) is 25.5 Å². The smallest absolute Gasteiger partial charge is 0.258 e. The van der Waals surface area contributed by atoms with E-state index in [0.29, 0.717) is 18.2 Å². The number of hydrogen-bond acceptors (Lipinski definition) is 4. The topological polar surface area (TPSA) is 67.9 Å². The summed E-state index contributed by atoms with van der Waals surface area (Å²) in [5.74, 6) is -5.27. The first-order valence-electron chi connectivity index (χ1n) is 8.77. The van der Waals surface area contributed by atoms with Crippen LogP contribution in [0.25, 0.3) is 0 Å². The molecular formula is C20H21F3N2O4. The van der Waals surface area contributed by atoms with Crippen molar-refractivity contribution in [2.75, 3.05) is 32.6 Å². The van der Waals surface area contributed by atoms with E-state index in [2.05, 4.69) is 5.32 Å². The summed E-state index contributed by atoms with van der Waals surface area (Å²) in [5, 5.41) is 2.15. The van der Waals surface area contributed by atoms with Crippen molar-refractivity contribution >= 4 is 17.5 Å². The average Bonchev–Trinajstić information content (AvgIpc) is 2.72. The van der Waals surface area contributed by atoms with Crippen LogP contribution < -0.4 is 14.8 Å². The van der Waals surface area contributed by atoms with Crippen molar-refractivity contribution in [1.29, 1.82) is 0 Å². The number of hydrogen-bond donors (Lipinski definition) is 1. The van der Waals surface area contributed by atoms with Gasteiger partial charge >= 0.3 is 0 Å². The van der Waals surface area contributed by atoms with Gasteiger partial charge < -0.3 is 19.7 Å². The SMILES string of the molecule is CCCN(CC(=O)Nc1ccc(F)c(F)c1F)C(=O)c1cccc(OC)c1OC. The molecule has 0 fully saturated rings. The van der Waals surface area contributed by atoms with Crippen molar-refractivity contribution in [2.45, 2.75) is 13.3 Å². The molecule has 0 heterocycles. The number of nitrogens with zero attached hydrogens (tertiary/aromatic N) is 1. The molecule has 2 rings (SSSR count). The Morgan fingerprint density at radius 1 is 1.03 bits per heavy atom. The van der Waals surface area contributed by atoms with Gasteiger partial charge in [0.1, 0.15) is 6.54 Å². The third kappa shape index (κ3) is 4.98. The second-order valence-electron chi connectivity index (χ2n) is 6.04. The lowest BCUT2D eigenvalue weighted by Gasteiger charge is -2.23. The number of anilines is 1. The van der Waals surface area contributed by atoms with Crippen LogP contribution in [0.15, 0.2) is 30.3 Å². The summed E-state index contributed by atoms with van der Waals surface area (Å²) in [7, 11) is 2.82. The molecule has 0 aliphatic heterocycles. The number of nitrogens with one attached hydrogen (secondary N) is 1. The molecule has 29 heavy (non-hydrogen) atoms. The van der Waals surface area contributed by atoms with Gasteiger partial charge in [-0.25, -0.2) is 13.2 Å². The van der Waals surface area contributed by atoms with E-state index in [0.717, 1.165) is 6.07 Å². The fourth-order valence-corrected chi connectivity index (χ4v) is 2.73. The highest BCUT2D eigenvalue weighted by atomic mass is 19.2. The Morgan fingerprint density at radius 3 is 2.38 bits per heavy atom. The number of amides is 2. The van der Waals surface area contributed by atoms with E-state index in [1.54, 1.807) is 12.1 Å². The molecule has 0 atom stereocenters. The molecule has 0 aromatic heterocycles. The molecule has 0 unspecified atom stereocenters. The van der Waals surface area contributed by atoms with Crippen LogP contribution in [0.5, 0.6) is 11.5 Å². The van der Waals surface area contributed by atoms with E-state index in [1.165, 1.54) is 25.2 Å². The predicted molar refractivity (Wildman–Crippen MR) is 101 cm³/mol. The van der Waals surface area contributed by atoms with Crippen LogP contribution in [-0.4, -0.2) is 44.0 Å². The maximum atomic E-state index is 13.8. The molecule has 2 amide bonds. The number of rotatable bonds is 8. The van der Waals surface area contributed by atoms with Crippen LogP contribution in [0.2, 0.25) is 0 Å².